The molecule has 3 heterocycles. The summed E-state index contributed by atoms with van der Waals surface area (Å²) in [7, 11) is 0. The molecule has 1 aliphatic carbocycles. The zero-order valence-corrected chi connectivity index (χ0v) is 22.6. The maximum Gasteiger partial charge on any atom is 0.256 e. The molecule has 4 aromatic rings. The van der Waals surface area contributed by atoms with Gasteiger partial charge in [0.1, 0.15) is 5.82 Å². The second-order valence-corrected chi connectivity index (χ2v) is 11.1. The number of benzene rings is 2. The summed E-state index contributed by atoms with van der Waals surface area (Å²) < 4.78 is 28.6. The molecule has 1 aliphatic heterocycles. The Morgan fingerprint density at radius 1 is 1.00 bits per heavy atom. The van der Waals surface area contributed by atoms with E-state index in [1.807, 2.05) is 60.7 Å². The van der Waals surface area contributed by atoms with Gasteiger partial charge in [-0.15, -0.1) is 0 Å². The van der Waals surface area contributed by atoms with E-state index in [4.69, 9.17) is 4.98 Å². The summed E-state index contributed by atoms with van der Waals surface area (Å²) in [5.74, 6) is 1.26. The highest BCUT2D eigenvalue weighted by Crippen LogP contribution is 2.30. The minimum absolute atomic E-state index is 0.0210. The average molecular weight is 544 g/mol. The first-order valence-corrected chi connectivity index (χ1v) is 14.3. The highest BCUT2D eigenvalue weighted by molar-refractivity contribution is 6.06. The molecule has 0 saturated heterocycles. The number of alkyl halides is 2. The van der Waals surface area contributed by atoms with Gasteiger partial charge in [0.25, 0.3) is 12.3 Å². The van der Waals surface area contributed by atoms with Gasteiger partial charge in [-0.3, -0.25) is 14.7 Å². The molecule has 1 fully saturated rings. The summed E-state index contributed by atoms with van der Waals surface area (Å²) in [4.78, 5) is 24.6. The molecule has 1 N–H and O–H groups in total. The topological polar surface area (TPSA) is 63.1 Å². The van der Waals surface area contributed by atoms with Crippen LogP contribution in [0.1, 0.15) is 53.8 Å². The van der Waals surface area contributed by atoms with Crippen LogP contribution >= 0.6 is 0 Å². The number of halogens is 2. The van der Waals surface area contributed by atoms with Crippen molar-refractivity contribution in [3.63, 3.8) is 0 Å². The lowest BCUT2D eigenvalue weighted by molar-refractivity contribution is 0.0921. The molecule has 40 heavy (non-hydrogen) atoms. The van der Waals surface area contributed by atoms with Crippen LogP contribution in [-0.2, 0) is 19.5 Å². The van der Waals surface area contributed by atoms with Gasteiger partial charge in [0.15, 0.2) is 0 Å². The largest absolute Gasteiger partial charge is 0.349 e. The predicted octanol–water partition coefficient (Wildman–Crippen LogP) is 6.10. The summed E-state index contributed by atoms with van der Waals surface area (Å²) in [6, 6.07) is 19.3. The van der Waals surface area contributed by atoms with Crippen molar-refractivity contribution in [2.75, 3.05) is 13.1 Å². The molecule has 0 radical (unpaired) electrons. The van der Waals surface area contributed by atoms with E-state index in [9.17, 15) is 13.6 Å². The number of nitrogens with zero attached hydrogens (tertiary/aromatic N) is 4. The van der Waals surface area contributed by atoms with Gasteiger partial charge >= 0.3 is 0 Å². The van der Waals surface area contributed by atoms with Crippen molar-refractivity contribution in [2.24, 2.45) is 5.92 Å². The van der Waals surface area contributed by atoms with Crippen molar-refractivity contribution < 1.29 is 13.6 Å². The Labute approximate surface area is 233 Å². The Hall–Kier alpha value is -3.65. The molecule has 0 atom stereocenters. The minimum atomic E-state index is -2.41. The summed E-state index contributed by atoms with van der Waals surface area (Å²) >= 11 is 0. The maximum absolute atomic E-state index is 13.4. The van der Waals surface area contributed by atoms with Gasteiger partial charge in [0, 0.05) is 54.0 Å². The summed E-state index contributed by atoms with van der Waals surface area (Å²) in [5.41, 5.74) is 4.28. The Kier molecular flexibility index (Phi) is 7.86. The normalized spacial score (nSPS) is 19.6. The monoisotopic (exact) mass is 543 g/mol. The van der Waals surface area contributed by atoms with E-state index in [0.29, 0.717) is 23.9 Å². The Morgan fingerprint density at radius 2 is 1.82 bits per heavy atom. The first-order chi connectivity index (χ1) is 19.5. The van der Waals surface area contributed by atoms with E-state index in [2.05, 4.69) is 15.2 Å². The van der Waals surface area contributed by atoms with Crippen molar-refractivity contribution in [3.05, 3.63) is 83.8 Å². The summed E-state index contributed by atoms with van der Waals surface area (Å²) in [6.07, 6.45) is 5.35. The molecule has 6 nitrogen and oxygen atoms in total. The molecule has 0 bridgehead atoms. The van der Waals surface area contributed by atoms with Crippen LogP contribution in [0.2, 0.25) is 0 Å². The fourth-order valence-electron chi connectivity index (χ4n) is 6.36. The molecule has 8 heteroatoms. The molecule has 2 aromatic carbocycles. The number of hydrogen-bond acceptors (Lipinski definition) is 4. The van der Waals surface area contributed by atoms with E-state index in [-0.39, 0.29) is 18.5 Å². The van der Waals surface area contributed by atoms with Crippen LogP contribution in [0.4, 0.5) is 8.78 Å². The maximum atomic E-state index is 13.4. The molecule has 0 spiro atoms. The van der Waals surface area contributed by atoms with Gasteiger partial charge in [-0.1, -0.05) is 42.5 Å². The third kappa shape index (κ3) is 5.77. The van der Waals surface area contributed by atoms with E-state index < -0.39 is 6.43 Å². The van der Waals surface area contributed by atoms with Crippen LogP contribution < -0.4 is 5.32 Å². The second kappa shape index (κ2) is 11.8. The Morgan fingerprint density at radius 3 is 2.62 bits per heavy atom. The zero-order valence-electron chi connectivity index (χ0n) is 22.6. The van der Waals surface area contributed by atoms with Crippen LogP contribution in [0.5, 0.6) is 0 Å². The third-order valence-electron chi connectivity index (χ3n) is 8.47. The number of imidazole rings is 1. The number of pyridine rings is 1. The number of rotatable bonds is 8. The summed E-state index contributed by atoms with van der Waals surface area (Å²) in [5, 5.41) is 4.14. The van der Waals surface area contributed by atoms with Crippen molar-refractivity contribution in [1.29, 1.82) is 0 Å². The predicted molar refractivity (Wildman–Crippen MR) is 152 cm³/mol. The number of aromatic nitrogens is 3. The summed E-state index contributed by atoms with van der Waals surface area (Å²) in [6.45, 7) is 2.23. The SMILES string of the molecule is O=C(N[C@H]1CC[C@H](CCN2CCc3c(nc(-c4ccccc4)n3CC(F)F)C2)CC1)c1cccc2ncccc12. The molecule has 2 aromatic heterocycles. The smallest absolute Gasteiger partial charge is 0.256 e. The molecule has 6 rings (SSSR count). The van der Waals surface area contributed by atoms with Crippen molar-refractivity contribution >= 4 is 16.8 Å². The highest BCUT2D eigenvalue weighted by atomic mass is 19.3. The first kappa shape index (κ1) is 26.6. The van der Waals surface area contributed by atoms with Crippen LogP contribution in [-0.4, -0.2) is 50.9 Å². The number of carbonyl (C=O) groups is 1. The number of amides is 1. The van der Waals surface area contributed by atoms with E-state index in [1.165, 1.54) is 0 Å². The second-order valence-electron chi connectivity index (χ2n) is 11.1. The van der Waals surface area contributed by atoms with Crippen LogP contribution in [0.15, 0.2) is 66.9 Å². The van der Waals surface area contributed by atoms with Crippen molar-refractivity contribution in [1.82, 2.24) is 24.8 Å². The lowest BCUT2D eigenvalue weighted by atomic mass is 9.84. The Balaban J connectivity index is 1.02. The molecule has 1 saturated carbocycles. The van der Waals surface area contributed by atoms with Gasteiger partial charge in [-0.25, -0.2) is 13.8 Å². The lowest BCUT2D eigenvalue weighted by Gasteiger charge is -2.32. The Bertz CT molecular complexity index is 1460. The van der Waals surface area contributed by atoms with Gasteiger partial charge in [-0.2, -0.15) is 0 Å². The van der Waals surface area contributed by atoms with Crippen LogP contribution in [0.25, 0.3) is 22.3 Å². The molecular formula is C32H35F2N5O. The zero-order chi connectivity index (χ0) is 27.5. The molecule has 0 unspecified atom stereocenters. The average Bonchev–Trinajstić information content (AvgIpc) is 3.33. The van der Waals surface area contributed by atoms with E-state index in [0.717, 1.165) is 79.5 Å². The number of carbonyl (C=O) groups excluding carboxylic acids is 1. The number of fused-ring (bicyclic) bond motifs is 2. The lowest BCUT2D eigenvalue weighted by Crippen LogP contribution is -2.38. The van der Waals surface area contributed by atoms with Gasteiger partial charge < -0.3 is 9.88 Å². The fourth-order valence-corrected chi connectivity index (χ4v) is 6.36. The minimum Gasteiger partial charge on any atom is -0.349 e. The molecule has 1 amide bonds. The quantitative estimate of drug-likeness (QED) is 0.292. The van der Waals surface area contributed by atoms with Crippen molar-refractivity contribution in [2.45, 2.75) is 64.1 Å². The van der Waals surface area contributed by atoms with Crippen LogP contribution in [0, 0.1) is 5.92 Å². The van der Waals surface area contributed by atoms with Gasteiger partial charge in [0.05, 0.1) is 17.8 Å². The standard InChI is InChI=1S/C32H35F2N5O/c33-30(34)21-39-29-16-19-38(20-28(29)37-31(39)23-6-2-1-3-7-23)18-15-22-11-13-24(14-12-22)36-32(40)26-8-4-10-27-25(26)9-5-17-35-27/h1-10,17,22,24,30H,11-16,18-21H2,(H,36,40)/t22-,24-. The number of nitrogens with one attached hydrogen (secondary N) is 1. The van der Waals surface area contributed by atoms with E-state index >= 15 is 0 Å². The van der Waals surface area contributed by atoms with Gasteiger partial charge in [0.2, 0.25) is 0 Å². The van der Waals surface area contributed by atoms with Crippen LogP contribution in [0.3, 0.4) is 0 Å². The molecule has 208 valence electrons. The van der Waals surface area contributed by atoms with E-state index in [1.54, 1.807) is 10.8 Å². The highest BCUT2D eigenvalue weighted by Gasteiger charge is 2.28. The van der Waals surface area contributed by atoms with Crippen molar-refractivity contribution in [3.8, 4) is 11.4 Å². The fraction of sp³-hybridized carbons (Fsp3) is 0.406. The number of hydrogen-bond donors (Lipinski definition) is 1. The van der Waals surface area contributed by atoms with Gasteiger partial charge in [-0.05, 0) is 62.8 Å². The molecular weight excluding hydrogens is 508 g/mol. The molecule has 2 aliphatic rings. The third-order valence-corrected chi connectivity index (χ3v) is 8.47. The first-order valence-electron chi connectivity index (χ1n) is 14.3.